The minimum atomic E-state index is -0.190. The van der Waals surface area contributed by atoms with Crippen molar-refractivity contribution >= 4 is 24.1 Å². The van der Waals surface area contributed by atoms with Crippen LogP contribution in [0.25, 0.3) is 0 Å². The molecule has 0 saturated carbocycles. The summed E-state index contributed by atoms with van der Waals surface area (Å²) in [5.74, 6) is -0.317. The lowest BCUT2D eigenvalue weighted by atomic mass is 9.98. The van der Waals surface area contributed by atoms with Crippen molar-refractivity contribution in [2.45, 2.75) is 6.42 Å². The molecule has 2 N–H and O–H groups in total. The smallest absolute Gasteiger partial charge is 0.252 e. The number of hydrogen-bond donors (Lipinski definition) is 2. The molecule has 0 aliphatic carbocycles. The maximum Gasteiger partial charge on any atom is 0.252 e. The van der Waals surface area contributed by atoms with Crippen LogP contribution in [0.4, 0.5) is 0 Å². The Kier molecular flexibility index (Phi) is 8.45. The number of piperazine rings is 1. The fourth-order valence-corrected chi connectivity index (χ4v) is 3.16. The Morgan fingerprint density at radius 3 is 2.26 bits per heavy atom. The van der Waals surface area contributed by atoms with E-state index in [1.54, 1.807) is 36.4 Å². The van der Waals surface area contributed by atoms with Gasteiger partial charge in [-0.15, -0.1) is 12.4 Å². The van der Waals surface area contributed by atoms with Gasteiger partial charge in [-0.3, -0.25) is 9.59 Å². The second-order valence-corrected chi connectivity index (χ2v) is 6.44. The van der Waals surface area contributed by atoms with E-state index >= 15 is 0 Å². The van der Waals surface area contributed by atoms with Crippen LogP contribution in [0.3, 0.4) is 0 Å². The first-order chi connectivity index (χ1) is 12.8. The lowest BCUT2D eigenvalue weighted by Gasteiger charge is -2.27. The molecule has 3 rings (SSSR count). The average molecular weight is 388 g/mol. The molecule has 1 amide bonds. The number of hydrogen-bond acceptors (Lipinski definition) is 4. The molecule has 0 atom stereocenters. The van der Waals surface area contributed by atoms with Gasteiger partial charge in [-0.25, -0.2) is 0 Å². The number of carbonyl (C=O) groups is 2. The summed E-state index contributed by atoms with van der Waals surface area (Å²) >= 11 is 0. The van der Waals surface area contributed by atoms with E-state index in [4.69, 9.17) is 0 Å². The second kappa shape index (κ2) is 10.8. The normalized spacial score (nSPS) is 14.2. The molecule has 1 aliphatic heterocycles. The molecule has 2 aromatic rings. The van der Waals surface area contributed by atoms with Crippen LogP contribution in [0.2, 0.25) is 0 Å². The minimum Gasteiger partial charge on any atom is -0.352 e. The topological polar surface area (TPSA) is 61.4 Å². The van der Waals surface area contributed by atoms with Gasteiger partial charge in [-0.1, -0.05) is 48.5 Å². The van der Waals surface area contributed by atoms with E-state index in [1.165, 1.54) is 0 Å². The highest BCUT2D eigenvalue weighted by atomic mass is 35.5. The van der Waals surface area contributed by atoms with Crippen LogP contribution in [0.15, 0.2) is 54.6 Å². The SMILES string of the molecule is Cl.O=C(NCCCN1CCNCC1)c1ccccc1C(=O)c1ccccc1. The molecule has 1 heterocycles. The van der Waals surface area contributed by atoms with Gasteiger partial charge in [0.2, 0.25) is 0 Å². The number of benzene rings is 2. The summed E-state index contributed by atoms with van der Waals surface area (Å²) in [5.41, 5.74) is 1.47. The van der Waals surface area contributed by atoms with Crippen molar-refractivity contribution in [1.29, 1.82) is 0 Å². The third kappa shape index (κ3) is 5.89. The predicted molar refractivity (Wildman–Crippen MR) is 110 cm³/mol. The van der Waals surface area contributed by atoms with Crippen molar-refractivity contribution in [1.82, 2.24) is 15.5 Å². The van der Waals surface area contributed by atoms with Gasteiger partial charge in [-0.05, 0) is 19.0 Å². The fraction of sp³-hybridized carbons (Fsp3) is 0.333. The molecule has 2 aromatic carbocycles. The number of halogens is 1. The van der Waals surface area contributed by atoms with Crippen LogP contribution in [0.5, 0.6) is 0 Å². The molecule has 0 unspecified atom stereocenters. The zero-order valence-corrected chi connectivity index (χ0v) is 16.1. The molecule has 0 radical (unpaired) electrons. The minimum absolute atomic E-state index is 0. The van der Waals surface area contributed by atoms with Crippen molar-refractivity contribution in [3.05, 3.63) is 71.3 Å². The third-order valence-electron chi connectivity index (χ3n) is 4.60. The number of carbonyl (C=O) groups excluding carboxylic acids is 2. The molecule has 0 aromatic heterocycles. The van der Waals surface area contributed by atoms with Crippen molar-refractivity contribution in [2.75, 3.05) is 39.3 Å². The molecular weight excluding hydrogens is 362 g/mol. The van der Waals surface area contributed by atoms with Gasteiger partial charge in [0.15, 0.2) is 5.78 Å². The first-order valence-corrected chi connectivity index (χ1v) is 9.16. The van der Waals surface area contributed by atoms with Crippen LogP contribution in [0, 0.1) is 0 Å². The van der Waals surface area contributed by atoms with Gasteiger partial charge >= 0.3 is 0 Å². The quantitative estimate of drug-likeness (QED) is 0.565. The fourth-order valence-electron chi connectivity index (χ4n) is 3.16. The number of nitrogens with zero attached hydrogens (tertiary/aromatic N) is 1. The summed E-state index contributed by atoms with van der Waals surface area (Å²) in [4.78, 5) is 27.7. The number of amides is 1. The summed E-state index contributed by atoms with van der Waals surface area (Å²) in [6.45, 7) is 5.76. The van der Waals surface area contributed by atoms with Crippen LogP contribution in [-0.4, -0.2) is 55.9 Å². The van der Waals surface area contributed by atoms with Crippen molar-refractivity contribution in [2.24, 2.45) is 0 Å². The van der Waals surface area contributed by atoms with Gasteiger partial charge < -0.3 is 15.5 Å². The van der Waals surface area contributed by atoms with Crippen LogP contribution in [-0.2, 0) is 0 Å². The van der Waals surface area contributed by atoms with E-state index in [0.29, 0.717) is 23.2 Å². The molecule has 1 aliphatic rings. The van der Waals surface area contributed by atoms with Gasteiger partial charge in [0, 0.05) is 43.9 Å². The van der Waals surface area contributed by atoms with E-state index in [2.05, 4.69) is 15.5 Å². The first-order valence-electron chi connectivity index (χ1n) is 9.16. The summed E-state index contributed by atoms with van der Waals surface area (Å²) < 4.78 is 0. The highest BCUT2D eigenvalue weighted by molar-refractivity contribution is 6.15. The van der Waals surface area contributed by atoms with E-state index in [-0.39, 0.29) is 24.1 Å². The van der Waals surface area contributed by atoms with Gasteiger partial charge in [0.1, 0.15) is 0 Å². The zero-order valence-electron chi connectivity index (χ0n) is 15.3. The largest absolute Gasteiger partial charge is 0.352 e. The number of nitrogens with one attached hydrogen (secondary N) is 2. The first kappa shape index (κ1) is 21.1. The Hall–Kier alpha value is -2.21. The standard InChI is InChI=1S/C21H25N3O2.ClH/c25-20(17-7-2-1-3-8-17)18-9-4-5-10-19(18)21(26)23-11-6-14-24-15-12-22-13-16-24;/h1-5,7-10,22H,6,11-16H2,(H,23,26);1H. The van der Waals surface area contributed by atoms with E-state index < -0.39 is 0 Å². The third-order valence-corrected chi connectivity index (χ3v) is 4.60. The van der Waals surface area contributed by atoms with E-state index in [1.807, 2.05) is 18.2 Å². The lowest BCUT2D eigenvalue weighted by Crippen LogP contribution is -2.44. The number of ketones is 1. The van der Waals surface area contributed by atoms with Gasteiger partial charge in [-0.2, -0.15) is 0 Å². The van der Waals surface area contributed by atoms with Crippen molar-refractivity contribution in [3.63, 3.8) is 0 Å². The van der Waals surface area contributed by atoms with E-state index in [9.17, 15) is 9.59 Å². The Morgan fingerprint density at radius 1 is 0.926 bits per heavy atom. The zero-order chi connectivity index (χ0) is 18.2. The second-order valence-electron chi connectivity index (χ2n) is 6.44. The molecule has 6 heteroatoms. The molecule has 0 spiro atoms. The molecule has 5 nitrogen and oxygen atoms in total. The monoisotopic (exact) mass is 387 g/mol. The highest BCUT2D eigenvalue weighted by Crippen LogP contribution is 2.14. The molecule has 1 saturated heterocycles. The number of rotatable bonds is 7. The Morgan fingerprint density at radius 2 is 1.56 bits per heavy atom. The van der Waals surface area contributed by atoms with Crippen LogP contribution >= 0.6 is 12.4 Å². The molecule has 27 heavy (non-hydrogen) atoms. The Labute approximate surface area is 166 Å². The predicted octanol–water partition coefficient (Wildman–Crippen LogP) is 2.36. The highest BCUT2D eigenvalue weighted by Gasteiger charge is 2.17. The van der Waals surface area contributed by atoms with Crippen LogP contribution in [0.1, 0.15) is 32.7 Å². The van der Waals surface area contributed by atoms with Gasteiger partial charge in [0.05, 0.1) is 5.56 Å². The van der Waals surface area contributed by atoms with E-state index in [0.717, 1.165) is 39.1 Å². The van der Waals surface area contributed by atoms with Gasteiger partial charge in [0.25, 0.3) is 5.91 Å². The maximum absolute atomic E-state index is 12.7. The molecule has 0 bridgehead atoms. The molecule has 1 fully saturated rings. The van der Waals surface area contributed by atoms with Crippen molar-refractivity contribution in [3.8, 4) is 0 Å². The van der Waals surface area contributed by atoms with Crippen molar-refractivity contribution < 1.29 is 9.59 Å². The maximum atomic E-state index is 12.7. The summed E-state index contributed by atoms with van der Waals surface area (Å²) in [7, 11) is 0. The average Bonchev–Trinajstić information content (AvgIpc) is 2.72. The molecular formula is C21H26ClN3O2. The summed E-state index contributed by atoms with van der Waals surface area (Å²) in [5, 5.41) is 6.28. The molecule has 144 valence electrons. The Bertz CT molecular complexity index is 746. The lowest BCUT2D eigenvalue weighted by molar-refractivity contribution is 0.0940. The summed E-state index contributed by atoms with van der Waals surface area (Å²) in [6, 6.07) is 16.1. The van der Waals surface area contributed by atoms with Crippen LogP contribution < -0.4 is 10.6 Å². The summed E-state index contributed by atoms with van der Waals surface area (Å²) in [6.07, 6.45) is 0.903. The Balaban J connectivity index is 0.00000261.